The number of nitrogens with two attached hydrogens (primary N) is 1. The molecular formula is C10H22N2O. The third-order valence-corrected chi connectivity index (χ3v) is 2.88. The lowest BCUT2D eigenvalue weighted by molar-refractivity contribution is 0.137. The lowest BCUT2D eigenvalue weighted by Crippen LogP contribution is -2.37. The second kappa shape index (κ2) is 6.35. The summed E-state index contributed by atoms with van der Waals surface area (Å²) in [7, 11) is 1.78. The summed E-state index contributed by atoms with van der Waals surface area (Å²) in [5.41, 5.74) is 5.51. The van der Waals surface area contributed by atoms with E-state index in [2.05, 4.69) is 4.90 Å². The van der Waals surface area contributed by atoms with Crippen LogP contribution in [0.1, 0.15) is 19.3 Å². The first-order valence-corrected chi connectivity index (χ1v) is 5.28. The normalized spacial score (nSPS) is 20.8. The third kappa shape index (κ3) is 4.07. The highest BCUT2D eigenvalue weighted by atomic mass is 16.5. The summed E-state index contributed by atoms with van der Waals surface area (Å²) in [4.78, 5) is 2.46. The minimum atomic E-state index is 0.794. The topological polar surface area (TPSA) is 38.5 Å². The highest BCUT2D eigenvalue weighted by Gasteiger charge is 2.17. The minimum absolute atomic E-state index is 0.794. The van der Waals surface area contributed by atoms with Gasteiger partial charge in [0.2, 0.25) is 0 Å². The molecule has 78 valence electrons. The smallest absolute Gasteiger partial charge is 0.0464 e. The summed E-state index contributed by atoms with van der Waals surface area (Å²) in [5.74, 6) is 0.883. The van der Waals surface area contributed by atoms with Crippen LogP contribution in [0.5, 0.6) is 0 Å². The van der Waals surface area contributed by atoms with Crippen molar-refractivity contribution in [3.63, 3.8) is 0 Å². The van der Waals surface area contributed by atoms with Crippen LogP contribution in [-0.4, -0.2) is 44.8 Å². The highest BCUT2D eigenvalue weighted by Crippen LogP contribution is 2.19. The SMILES string of the molecule is COCCC1CCN(CCN)CC1. The van der Waals surface area contributed by atoms with Crippen molar-refractivity contribution in [1.82, 2.24) is 4.90 Å². The van der Waals surface area contributed by atoms with Crippen molar-refractivity contribution in [2.75, 3.05) is 39.9 Å². The Labute approximate surface area is 81.2 Å². The maximum Gasteiger partial charge on any atom is 0.0464 e. The highest BCUT2D eigenvalue weighted by molar-refractivity contribution is 4.72. The monoisotopic (exact) mass is 186 g/mol. The molecule has 0 saturated carbocycles. The van der Waals surface area contributed by atoms with Crippen LogP contribution in [0.2, 0.25) is 0 Å². The summed E-state index contributed by atoms with van der Waals surface area (Å²) in [6.07, 6.45) is 3.87. The number of nitrogens with zero attached hydrogens (tertiary/aromatic N) is 1. The van der Waals surface area contributed by atoms with Gasteiger partial charge in [-0.25, -0.2) is 0 Å². The van der Waals surface area contributed by atoms with Gasteiger partial charge in [-0.05, 0) is 38.3 Å². The van der Waals surface area contributed by atoms with Crippen molar-refractivity contribution in [2.45, 2.75) is 19.3 Å². The van der Waals surface area contributed by atoms with E-state index >= 15 is 0 Å². The van der Waals surface area contributed by atoms with Crippen molar-refractivity contribution in [3.05, 3.63) is 0 Å². The van der Waals surface area contributed by atoms with Gasteiger partial charge in [0, 0.05) is 26.8 Å². The summed E-state index contributed by atoms with van der Waals surface area (Å²) in [6.45, 7) is 5.23. The van der Waals surface area contributed by atoms with Gasteiger partial charge >= 0.3 is 0 Å². The molecule has 1 aliphatic heterocycles. The van der Waals surface area contributed by atoms with Gasteiger partial charge < -0.3 is 15.4 Å². The summed E-state index contributed by atoms with van der Waals surface area (Å²) in [5, 5.41) is 0. The van der Waals surface area contributed by atoms with Crippen molar-refractivity contribution in [2.24, 2.45) is 11.7 Å². The molecule has 0 atom stereocenters. The lowest BCUT2D eigenvalue weighted by Gasteiger charge is -2.31. The van der Waals surface area contributed by atoms with Gasteiger partial charge in [-0.3, -0.25) is 0 Å². The first-order chi connectivity index (χ1) is 6.36. The number of rotatable bonds is 5. The van der Waals surface area contributed by atoms with Crippen LogP contribution in [0.4, 0.5) is 0 Å². The zero-order chi connectivity index (χ0) is 9.52. The zero-order valence-corrected chi connectivity index (χ0v) is 8.67. The molecule has 1 fully saturated rings. The van der Waals surface area contributed by atoms with Crippen LogP contribution in [0.3, 0.4) is 0 Å². The minimum Gasteiger partial charge on any atom is -0.385 e. The molecule has 13 heavy (non-hydrogen) atoms. The molecule has 3 heteroatoms. The molecule has 1 heterocycles. The predicted octanol–water partition coefficient (Wildman–Crippen LogP) is 0.694. The Hall–Kier alpha value is -0.120. The molecular weight excluding hydrogens is 164 g/mol. The van der Waals surface area contributed by atoms with Crippen LogP contribution in [0, 0.1) is 5.92 Å². The van der Waals surface area contributed by atoms with Crippen molar-refractivity contribution < 1.29 is 4.74 Å². The lowest BCUT2D eigenvalue weighted by atomic mass is 9.94. The summed E-state index contributed by atoms with van der Waals surface area (Å²) < 4.78 is 5.09. The third-order valence-electron chi connectivity index (χ3n) is 2.88. The number of ether oxygens (including phenoxy) is 1. The summed E-state index contributed by atoms with van der Waals surface area (Å²) in [6, 6.07) is 0. The van der Waals surface area contributed by atoms with E-state index in [9.17, 15) is 0 Å². The van der Waals surface area contributed by atoms with Gasteiger partial charge in [-0.1, -0.05) is 0 Å². The quantitative estimate of drug-likeness (QED) is 0.686. The standard InChI is InChI=1S/C10H22N2O/c1-13-9-4-10-2-6-12(7-3-10)8-5-11/h10H,2-9,11H2,1H3. The van der Waals surface area contributed by atoms with Crippen LogP contribution in [0.25, 0.3) is 0 Å². The van der Waals surface area contributed by atoms with E-state index in [-0.39, 0.29) is 0 Å². The van der Waals surface area contributed by atoms with Gasteiger partial charge in [-0.2, -0.15) is 0 Å². The van der Waals surface area contributed by atoms with Crippen molar-refractivity contribution in [1.29, 1.82) is 0 Å². The fourth-order valence-electron chi connectivity index (χ4n) is 1.97. The Morgan fingerprint density at radius 1 is 1.38 bits per heavy atom. The van der Waals surface area contributed by atoms with E-state index in [4.69, 9.17) is 10.5 Å². The van der Waals surface area contributed by atoms with Gasteiger partial charge in [0.15, 0.2) is 0 Å². The first kappa shape index (κ1) is 11.0. The fraction of sp³-hybridized carbons (Fsp3) is 1.00. The first-order valence-electron chi connectivity index (χ1n) is 5.28. The number of methoxy groups -OCH3 is 1. The second-order valence-electron chi connectivity index (χ2n) is 3.86. The van der Waals surface area contributed by atoms with Crippen LogP contribution in [0.15, 0.2) is 0 Å². The number of hydrogen-bond acceptors (Lipinski definition) is 3. The molecule has 1 rings (SSSR count). The largest absolute Gasteiger partial charge is 0.385 e. The molecule has 0 spiro atoms. The van der Waals surface area contributed by atoms with Crippen LogP contribution in [-0.2, 0) is 4.74 Å². The molecule has 1 saturated heterocycles. The Morgan fingerprint density at radius 3 is 2.62 bits per heavy atom. The van der Waals surface area contributed by atoms with Crippen molar-refractivity contribution in [3.8, 4) is 0 Å². The molecule has 0 radical (unpaired) electrons. The van der Waals surface area contributed by atoms with E-state index in [0.717, 1.165) is 25.6 Å². The van der Waals surface area contributed by atoms with E-state index in [1.54, 1.807) is 7.11 Å². The second-order valence-corrected chi connectivity index (χ2v) is 3.86. The zero-order valence-electron chi connectivity index (χ0n) is 8.67. The van der Waals surface area contributed by atoms with Gasteiger partial charge in [0.1, 0.15) is 0 Å². The van der Waals surface area contributed by atoms with E-state index in [1.165, 1.54) is 32.4 Å². The van der Waals surface area contributed by atoms with E-state index in [0.29, 0.717) is 0 Å². The molecule has 3 nitrogen and oxygen atoms in total. The number of piperidine rings is 1. The molecule has 0 aliphatic carbocycles. The average Bonchev–Trinajstić information content (AvgIpc) is 2.17. The molecule has 0 amide bonds. The molecule has 0 bridgehead atoms. The maximum absolute atomic E-state index is 5.51. The number of likely N-dealkylation sites (tertiary alicyclic amines) is 1. The van der Waals surface area contributed by atoms with Crippen molar-refractivity contribution >= 4 is 0 Å². The Morgan fingerprint density at radius 2 is 2.08 bits per heavy atom. The average molecular weight is 186 g/mol. The molecule has 0 aromatic carbocycles. The predicted molar refractivity (Wildman–Crippen MR) is 54.7 cm³/mol. The number of hydrogen-bond donors (Lipinski definition) is 1. The Balaban J connectivity index is 2.08. The van der Waals surface area contributed by atoms with Crippen LogP contribution < -0.4 is 5.73 Å². The van der Waals surface area contributed by atoms with E-state index < -0.39 is 0 Å². The fourth-order valence-corrected chi connectivity index (χ4v) is 1.97. The summed E-state index contributed by atoms with van der Waals surface area (Å²) >= 11 is 0. The Kier molecular flexibility index (Phi) is 5.35. The molecule has 1 aliphatic rings. The van der Waals surface area contributed by atoms with Gasteiger partial charge in [-0.15, -0.1) is 0 Å². The molecule has 0 aromatic heterocycles. The molecule has 0 aromatic rings. The maximum atomic E-state index is 5.51. The van der Waals surface area contributed by atoms with Gasteiger partial charge in [0.25, 0.3) is 0 Å². The van der Waals surface area contributed by atoms with Crippen LogP contribution >= 0.6 is 0 Å². The molecule has 0 unspecified atom stereocenters. The van der Waals surface area contributed by atoms with Gasteiger partial charge in [0.05, 0.1) is 0 Å². The Bertz CT molecular complexity index is 122. The molecule has 2 N–H and O–H groups in total. The van der Waals surface area contributed by atoms with E-state index in [1.807, 2.05) is 0 Å².